The number of ether oxygens (including phenoxy) is 1. The van der Waals surface area contributed by atoms with Gasteiger partial charge < -0.3 is 10.1 Å². The average molecular weight is 433 g/mol. The molecule has 1 atom stereocenters. The number of Topliss-reactive ketones (excluding diaryl/α,β-unsaturated/α-hetero) is 1. The first-order valence-electron chi connectivity index (χ1n) is 9.90. The Morgan fingerprint density at radius 1 is 1.37 bits per heavy atom. The van der Waals surface area contributed by atoms with Crippen LogP contribution in [-0.2, 0) is 14.3 Å². The topological polar surface area (TPSA) is 98.5 Å². The van der Waals surface area contributed by atoms with Crippen molar-refractivity contribution in [2.45, 2.75) is 52.9 Å². The molecule has 7 nitrogen and oxygen atoms in total. The molecule has 160 valence electrons. The van der Waals surface area contributed by atoms with Gasteiger partial charge in [0.2, 0.25) is 0 Å². The van der Waals surface area contributed by atoms with Crippen molar-refractivity contribution in [1.29, 1.82) is 0 Å². The summed E-state index contributed by atoms with van der Waals surface area (Å²) in [7, 11) is 0. The van der Waals surface area contributed by atoms with Crippen LogP contribution in [0.2, 0.25) is 5.02 Å². The van der Waals surface area contributed by atoms with Crippen molar-refractivity contribution in [3.05, 3.63) is 61.4 Å². The summed E-state index contributed by atoms with van der Waals surface area (Å²) >= 11 is 5.99. The summed E-state index contributed by atoms with van der Waals surface area (Å²) in [5.74, 6) is -1.36. The Hall–Kier alpha value is -2.67. The summed E-state index contributed by atoms with van der Waals surface area (Å²) in [6.07, 6.45) is 1.62. The summed E-state index contributed by atoms with van der Waals surface area (Å²) in [6.45, 7) is 7.93. The maximum absolute atomic E-state index is 13.2. The number of nitro benzene ring substituents is 1. The van der Waals surface area contributed by atoms with Gasteiger partial charge in [-0.05, 0) is 36.8 Å². The first-order chi connectivity index (χ1) is 14.1. The zero-order chi connectivity index (χ0) is 22.2. The highest BCUT2D eigenvalue weighted by Gasteiger charge is 2.43. The van der Waals surface area contributed by atoms with E-state index in [9.17, 15) is 19.7 Å². The van der Waals surface area contributed by atoms with Crippen molar-refractivity contribution in [2.75, 3.05) is 6.61 Å². The summed E-state index contributed by atoms with van der Waals surface area (Å²) in [6, 6.07) is 4.40. The molecule has 0 amide bonds. The van der Waals surface area contributed by atoms with Crippen LogP contribution >= 0.6 is 11.6 Å². The van der Waals surface area contributed by atoms with Gasteiger partial charge in [-0.15, -0.1) is 0 Å². The van der Waals surface area contributed by atoms with Crippen molar-refractivity contribution in [2.24, 2.45) is 5.41 Å². The Morgan fingerprint density at radius 3 is 2.70 bits per heavy atom. The Labute approximate surface area is 180 Å². The summed E-state index contributed by atoms with van der Waals surface area (Å²) in [5, 5.41) is 14.7. The number of ketones is 1. The van der Waals surface area contributed by atoms with Gasteiger partial charge in [-0.1, -0.05) is 38.4 Å². The second-order valence-corrected chi connectivity index (χ2v) is 8.94. The minimum atomic E-state index is -0.745. The summed E-state index contributed by atoms with van der Waals surface area (Å²) in [4.78, 5) is 37.0. The summed E-state index contributed by atoms with van der Waals surface area (Å²) < 4.78 is 5.38. The van der Waals surface area contributed by atoms with E-state index in [-0.39, 0.29) is 28.5 Å². The zero-order valence-electron chi connectivity index (χ0n) is 17.5. The van der Waals surface area contributed by atoms with Crippen LogP contribution in [-0.4, -0.2) is 23.3 Å². The van der Waals surface area contributed by atoms with E-state index in [1.165, 1.54) is 12.1 Å². The lowest BCUT2D eigenvalue weighted by atomic mass is 9.68. The molecule has 0 fully saturated rings. The van der Waals surface area contributed by atoms with Crippen molar-refractivity contribution in [3.63, 3.8) is 0 Å². The van der Waals surface area contributed by atoms with Gasteiger partial charge in [0, 0.05) is 35.4 Å². The van der Waals surface area contributed by atoms with Gasteiger partial charge in [-0.2, -0.15) is 0 Å². The largest absolute Gasteiger partial charge is 0.462 e. The van der Waals surface area contributed by atoms with E-state index in [2.05, 4.69) is 5.32 Å². The first-order valence-corrected chi connectivity index (χ1v) is 10.3. The van der Waals surface area contributed by atoms with Crippen LogP contribution in [0.1, 0.15) is 58.4 Å². The maximum Gasteiger partial charge on any atom is 0.336 e. The number of nitro groups is 1. The van der Waals surface area contributed by atoms with Crippen LogP contribution in [0.5, 0.6) is 0 Å². The highest BCUT2D eigenvalue weighted by Crippen LogP contribution is 2.47. The molecule has 1 unspecified atom stereocenters. The molecule has 0 radical (unpaired) electrons. The van der Waals surface area contributed by atoms with Crippen molar-refractivity contribution < 1.29 is 19.2 Å². The number of esters is 1. The highest BCUT2D eigenvalue weighted by molar-refractivity contribution is 6.32. The summed E-state index contributed by atoms with van der Waals surface area (Å²) in [5.41, 5.74) is 2.09. The molecule has 1 aliphatic heterocycles. The van der Waals surface area contributed by atoms with Gasteiger partial charge in [-0.3, -0.25) is 14.9 Å². The number of halogens is 1. The molecule has 1 heterocycles. The molecule has 0 aromatic heterocycles. The fourth-order valence-corrected chi connectivity index (χ4v) is 4.35. The van der Waals surface area contributed by atoms with Crippen molar-refractivity contribution in [1.82, 2.24) is 5.32 Å². The number of hydrogen-bond acceptors (Lipinski definition) is 6. The minimum absolute atomic E-state index is 0.00111. The molecule has 1 aromatic carbocycles. The van der Waals surface area contributed by atoms with E-state index < -0.39 is 16.8 Å². The smallest absolute Gasteiger partial charge is 0.336 e. The lowest BCUT2D eigenvalue weighted by Crippen LogP contribution is -2.38. The fraction of sp³-hybridized carbons (Fsp3) is 0.455. The number of allylic oxidation sites excluding steroid dienone is 3. The van der Waals surface area contributed by atoms with Crippen molar-refractivity contribution >= 4 is 29.0 Å². The van der Waals surface area contributed by atoms with E-state index in [1.54, 1.807) is 13.0 Å². The Bertz CT molecular complexity index is 993. The maximum atomic E-state index is 13.2. The van der Waals surface area contributed by atoms with E-state index in [1.807, 2.05) is 20.8 Å². The molecule has 8 heteroatoms. The number of hydrogen-bond donors (Lipinski definition) is 1. The number of rotatable bonds is 5. The molecule has 3 rings (SSSR count). The normalized spacial score (nSPS) is 20.6. The van der Waals surface area contributed by atoms with Gasteiger partial charge >= 0.3 is 5.97 Å². The molecular formula is C22H25ClN2O5. The van der Waals surface area contributed by atoms with Gasteiger partial charge in [0.05, 0.1) is 17.1 Å². The molecular weight excluding hydrogens is 408 g/mol. The Kier molecular flexibility index (Phi) is 6.04. The van der Waals surface area contributed by atoms with Crippen LogP contribution in [0.3, 0.4) is 0 Å². The van der Waals surface area contributed by atoms with E-state index in [4.69, 9.17) is 16.3 Å². The number of nitrogens with one attached hydrogen (secondary N) is 1. The van der Waals surface area contributed by atoms with E-state index >= 15 is 0 Å². The van der Waals surface area contributed by atoms with Crippen LogP contribution in [0, 0.1) is 15.5 Å². The van der Waals surface area contributed by atoms with Crippen LogP contribution in [0.15, 0.2) is 40.7 Å². The van der Waals surface area contributed by atoms with Gasteiger partial charge in [0.1, 0.15) is 5.02 Å². The van der Waals surface area contributed by atoms with Gasteiger partial charge in [-0.25, -0.2) is 4.79 Å². The Morgan fingerprint density at radius 2 is 2.07 bits per heavy atom. The highest BCUT2D eigenvalue weighted by atomic mass is 35.5. The fourth-order valence-electron chi connectivity index (χ4n) is 4.16. The van der Waals surface area contributed by atoms with E-state index in [0.29, 0.717) is 41.7 Å². The third kappa shape index (κ3) is 4.12. The lowest BCUT2D eigenvalue weighted by Gasteiger charge is -2.39. The third-order valence-electron chi connectivity index (χ3n) is 5.40. The van der Waals surface area contributed by atoms with Crippen LogP contribution in [0.25, 0.3) is 0 Å². The quantitative estimate of drug-likeness (QED) is 0.407. The second-order valence-electron chi connectivity index (χ2n) is 8.53. The third-order valence-corrected chi connectivity index (χ3v) is 5.72. The van der Waals surface area contributed by atoms with E-state index in [0.717, 1.165) is 5.70 Å². The monoisotopic (exact) mass is 432 g/mol. The molecule has 1 N–H and O–H groups in total. The van der Waals surface area contributed by atoms with Gasteiger partial charge in [0.15, 0.2) is 5.78 Å². The molecule has 0 saturated heterocycles. The lowest BCUT2D eigenvalue weighted by molar-refractivity contribution is -0.384. The number of dihydropyridines is 1. The second kappa shape index (κ2) is 8.22. The molecule has 1 aliphatic carbocycles. The molecule has 0 spiro atoms. The number of benzene rings is 1. The molecule has 0 bridgehead atoms. The van der Waals surface area contributed by atoms with Crippen molar-refractivity contribution in [3.8, 4) is 0 Å². The molecule has 30 heavy (non-hydrogen) atoms. The van der Waals surface area contributed by atoms with Gasteiger partial charge in [0.25, 0.3) is 5.69 Å². The molecule has 0 saturated carbocycles. The Balaban J connectivity index is 2.20. The zero-order valence-corrected chi connectivity index (χ0v) is 18.3. The predicted octanol–water partition coefficient (Wildman–Crippen LogP) is 4.81. The number of nitrogens with zero attached hydrogens (tertiary/aromatic N) is 1. The minimum Gasteiger partial charge on any atom is -0.462 e. The van der Waals surface area contributed by atoms with Crippen LogP contribution in [0.4, 0.5) is 5.69 Å². The number of carbonyl (C=O) groups excluding carboxylic acids is 2. The standard InChI is InChI=1S/C22H25ClN2O5/c1-5-8-30-21(27)18-12(2)24-15-10-22(3,4)11-17(26)20(15)19(18)13-6-7-14(23)16(9-13)25(28)29/h6-7,9,19,24H,5,8,10-11H2,1-4H3. The average Bonchev–Trinajstić information content (AvgIpc) is 2.64. The number of carbonyl (C=O) groups is 2. The molecule has 1 aromatic rings. The first kappa shape index (κ1) is 22.0. The molecule has 2 aliphatic rings. The SMILES string of the molecule is CCCOC(=O)C1=C(C)NC2=C(C(=O)CC(C)(C)C2)C1c1ccc(Cl)c([N+](=O)[O-])c1. The van der Waals surface area contributed by atoms with Crippen LogP contribution < -0.4 is 5.32 Å². The predicted molar refractivity (Wildman–Crippen MR) is 113 cm³/mol.